The monoisotopic (exact) mass is 336 g/mol. The minimum absolute atomic E-state index is 0.00927. The predicted octanol–water partition coefficient (Wildman–Crippen LogP) is 1.16. The Labute approximate surface area is 137 Å². The molecule has 1 atom stereocenters. The van der Waals surface area contributed by atoms with Crippen LogP contribution in [-0.4, -0.2) is 51.4 Å². The van der Waals surface area contributed by atoms with Gasteiger partial charge < -0.3 is 14.6 Å². The number of pyridine rings is 1. The maximum atomic E-state index is 12.6. The standard InChI is InChI=1S/C15H17ClN4O3/c16-13-7-11(8-17-14(13)21)15(22)19-4-2-6-23-12(9-19)10-20-5-1-3-18-20/h1,3,5,7-8,12H,2,4,6,9-10H2,(H,17,21)/t12-/m0/s1. The molecule has 0 spiro atoms. The van der Waals surface area contributed by atoms with E-state index >= 15 is 0 Å². The summed E-state index contributed by atoms with van der Waals surface area (Å²) in [6, 6.07) is 3.25. The number of aromatic amines is 1. The summed E-state index contributed by atoms with van der Waals surface area (Å²) < 4.78 is 7.58. The summed E-state index contributed by atoms with van der Waals surface area (Å²) >= 11 is 5.80. The molecule has 23 heavy (non-hydrogen) atoms. The molecule has 1 amide bonds. The number of hydrogen-bond acceptors (Lipinski definition) is 4. The molecule has 8 heteroatoms. The Bertz CT molecular complexity index is 729. The second-order valence-corrected chi connectivity index (χ2v) is 5.80. The van der Waals surface area contributed by atoms with E-state index in [1.54, 1.807) is 15.8 Å². The Morgan fingerprint density at radius 1 is 1.52 bits per heavy atom. The minimum atomic E-state index is -0.404. The average molecular weight is 337 g/mol. The highest BCUT2D eigenvalue weighted by atomic mass is 35.5. The van der Waals surface area contributed by atoms with Gasteiger partial charge in [0.1, 0.15) is 5.02 Å². The molecule has 1 fully saturated rings. The van der Waals surface area contributed by atoms with Gasteiger partial charge in [0.05, 0.1) is 18.2 Å². The fraction of sp³-hybridized carbons (Fsp3) is 0.400. The number of carbonyl (C=O) groups is 1. The summed E-state index contributed by atoms with van der Waals surface area (Å²) in [4.78, 5) is 28.1. The third-order valence-corrected chi connectivity index (χ3v) is 3.97. The third-order valence-electron chi connectivity index (χ3n) is 3.69. The number of nitrogens with zero attached hydrogens (tertiary/aromatic N) is 3. The van der Waals surface area contributed by atoms with Crippen LogP contribution in [0, 0.1) is 0 Å². The van der Waals surface area contributed by atoms with Gasteiger partial charge >= 0.3 is 0 Å². The van der Waals surface area contributed by atoms with Gasteiger partial charge in [-0.05, 0) is 18.6 Å². The Hall–Kier alpha value is -2.12. The topological polar surface area (TPSA) is 80.2 Å². The first kappa shape index (κ1) is 15.8. The van der Waals surface area contributed by atoms with Gasteiger partial charge in [0.25, 0.3) is 11.5 Å². The van der Waals surface area contributed by atoms with Crippen LogP contribution in [0.2, 0.25) is 5.02 Å². The van der Waals surface area contributed by atoms with Crippen molar-refractivity contribution in [3.05, 3.63) is 51.7 Å². The van der Waals surface area contributed by atoms with Crippen molar-refractivity contribution in [2.24, 2.45) is 0 Å². The molecule has 2 aromatic rings. The van der Waals surface area contributed by atoms with E-state index in [1.807, 2.05) is 12.3 Å². The van der Waals surface area contributed by atoms with Gasteiger partial charge in [0, 0.05) is 38.3 Å². The third kappa shape index (κ3) is 3.80. The number of ether oxygens (including phenoxy) is 1. The molecule has 0 aliphatic carbocycles. The van der Waals surface area contributed by atoms with E-state index in [9.17, 15) is 9.59 Å². The summed E-state index contributed by atoms with van der Waals surface area (Å²) in [6.45, 7) is 2.26. The fourth-order valence-corrected chi connectivity index (χ4v) is 2.74. The zero-order valence-electron chi connectivity index (χ0n) is 12.4. The molecular formula is C15H17ClN4O3. The van der Waals surface area contributed by atoms with Crippen molar-refractivity contribution in [2.75, 3.05) is 19.7 Å². The van der Waals surface area contributed by atoms with Gasteiger partial charge in [-0.25, -0.2) is 0 Å². The second kappa shape index (κ2) is 6.97. The lowest BCUT2D eigenvalue weighted by molar-refractivity contribution is 0.0367. The SMILES string of the molecule is O=C(c1c[nH]c(=O)c(Cl)c1)N1CCCO[C@H](Cn2cccn2)C1. The van der Waals surface area contributed by atoms with E-state index in [0.717, 1.165) is 6.42 Å². The predicted molar refractivity (Wildman–Crippen MR) is 84.6 cm³/mol. The number of carbonyl (C=O) groups excluding carboxylic acids is 1. The van der Waals surface area contributed by atoms with Crippen LogP contribution >= 0.6 is 11.6 Å². The molecule has 1 aliphatic rings. The van der Waals surface area contributed by atoms with Crippen LogP contribution in [0.5, 0.6) is 0 Å². The maximum Gasteiger partial charge on any atom is 0.266 e. The zero-order valence-corrected chi connectivity index (χ0v) is 13.2. The van der Waals surface area contributed by atoms with Crippen molar-refractivity contribution in [1.29, 1.82) is 0 Å². The second-order valence-electron chi connectivity index (χ2n) is 5.39. The van der Waals surface area contributed by atoms with Crippen LogP contribution in [0.1, 0.15) is 16.8 Å². The Kier molecular flexibility index (Phi) is 4.78. The van der Waals surface area contributed by atoms with Gasteiger partial charge in [0.15, 0.2) is 0 Å². The molecule has 0 unspecified atom stereocenters. The molecule has 3 heterocycles. The van der Waals surface area contributed by atoms with Crippen molar-refractivity contribution < 1.29 is 9.53 Å². The van der Waals surface area contributed by atoms with Crippen LogP contribution in [0.3, 0.4) is 0 Å². The van der Waals surface area contributed by atoms with Gasteiger partial charge in [-0.1, -0.05) is 11.6 Å². The minimum Gasteiger partial charge on any atom is -0.374 e. The van der Waals surface area contributed by atoms with Crippen LogP contribution in [0.25, 0.3) is 0 Å². The number of rotatable bonds is 3. The Morgan fingerprint density at radius 3 is 3.13 bits per heavy atom. The summed E-state index contributed by atoms with van der Waals surface area (Å²) in [5.41, 5.74) is -0.0340. The van der Waals surface area contributed by atoms with Crippen LogP contribution in [0.4, 0.5) is 0 Å². The smallest absolute Gasteiger partial charge is 0.266 e. The first-order chi connectivity index (χ1) is 11.1. The first-order valence-corrected chi connectivity index (χ1v) is 7.78. The number of amides is 1. The number of H-pyrrole nitrogens is 1. The lowest BCUT2D eigenvalue weighted by atomic mass is 10.2. The van der Waals surface area contributed by atoms with Crippen LogP contribution < -0.4 is 5.56 Å². The Morgan fingerprint density at radius 2 is 2.39 bits per heavy atom. The van der Waals surface area contributed by atoms with Crippen molar-refractivity contribution in [1.82, 2.24) is 19.7 Å². The molecule has 1 saturated heterocycles. The van der Waals surface area contributed by atoms with E-state index in [2.05, 4.69) is 10.1 Å². The van der Waals surface area contributed by atoms with E-state index in [0.29, 0.717) is 31.8 Å². The fourth-order valence-electron chi connectivity index (χ4n) is 2.57. The van der Waals surface area contributed by atoms with Crippen molar-refractivity contribution in [3.8, 4) is 0 Å². The van der Waals surface area contributed by atoms with Gasteiger partial charge in [-0.3, -0.25) is 14.3 Å². The van der Waals surface area contributed by atoms with E-state index < -0.39 is 5.56 Å². The quantitative estimate of drug-likeness (QED) is 0.912. The number of nitrogens with one attached hydrogen (secondary N) is 1. The summed E-state index contributed by atoms with van der Waals surface area (Å²) in [6.07, 6.45) is 5.60. The van der Waals surface area contributed by atoms with Crippen molar-refractivity contribution in [2.45, 2.75) is 19.1 Å². The molecule has 0 aromatic carbocycles. The molecule has 1 N–H and O–H groups in total. The van der Waals surface area contributed by atoms with E-state index in [1.165, 1.54) is 12.3 Å². The van der Waals surface area contributed by atoms with Gasteiger partial charge in [-0.15, -0.1) is 0 Å². The Balaban J connectivity index is 1.73. The summed E-state index contributed by atoms with van der Waals surface area (Å²) in [5.74, 6) is -0.167. The van der Waals surface area contributed by atoms with Crippen LogP contribution in [0.15, 0.2) is 35.5 Å². The largest absolute Gasteiger partial charge is 0.374 e. The number of halogens is 1. The van der Waals surface area contributed by atoms with Gasteiger partial charge in [0.2, 0.25) is 0 Å². The molecule has 0 radical (unpaired) electrons. The molecule has 1 aliphatic heterocycles. The zero-order chi connectivity index (χ0) is 16.2. The van der Waals surface area contributed by atoms with Gasteiger partial charge in [-0.2, -0.15) is 5.10 Å². The number of aromatic nitrogens is 3. The molecule has 122 valence electrons. The molecule has 0 saturated carbocycles. The van der Waals surface area contributed by atoms with Crippen LogP contribution in [-0.2, 0) is 11.3 Å². The molecule has 0 bridgehead atoms. The summed E-state index contributed by atoms with van der Waals surface area (Å²) in [7, 11) is 0. The molecule has 2 aromatic heterocycles. The average Bonchev–Trinajstić information content (AvgIpc) is 2.94. The number of hydrogen-bond donors (Lipinski definition) is 1. The normalized spacial score (nSPS) is 18.7. The van der Waals surface area contributed by atoms with Crippen molar-refractivity contribution >= 4 is 17.5 Å². The van der Waals surface area contributed by atoms with E-state index in [-0.39, 0.29) is 17.0 Å². The summed E-state index contributed by atoms with van der Waals surface area (Å²) in [5, 5.41) is 4.18. The maximum absolute atomic E-state index is 12.6. The highest BCUT2D eigenvalue weighted by molar-refractivity contribution is 6.30. The highest BCUT2D eigenvalue weighted by Crippen LogP contribution is 2.13. The molecular weight excluding hydrogens is 320 g/mol. The first-order valence-electron chi connectivity index (χ1n) is 7.40. The highest BCUT2D eigenvalue weighted by Gasteiger charge is 2.24. The van der Waals surface area contributed by atoms with Crippen molar-refractivity contribution in [3.63, 3.8) is 0 Å². The lowest BCUT2D eigenvalue weighted by Crippen LogP contribution is -2.38. The molecule has 7 nitrogen and oxygen atoms in total. The van der Waals surface area contributed by atoms with E-state index in [4.69, 9.17) is 16.3 Å². The lowest BCUT2D eigenvalue weighted by Gasteiger charge is -2.24. The molecule has 3 rings (SSSR count).